The molecule has 0 spiro atoms. The number of anilines is 4. The van der Waals surface area contributed by atoms with E-state index in [1.54, 1.807) is 7.11 Å². The molecule has 10 heteroatoms. The second-order valence-electron chi connectivity index (χ2n) is 9.39. The van der Waals surface area contributed by atoms with Gasteiger partial charge in [-0.05, 0) is 57.4 Å². The Labute approximate surface area is 206 Å². The molecule has 1 aromatic carbocycles. The molecule has 2 aliphatic rings. The number of aliphatic hydroxyl groups excluding tert-OH is 1. The number of carbonyl (C=O) groups is 1. The Balaban J connectivity index is 1.63. The molecule has 2 fully saturated rings. The van der Waals surface area contributed by atoms with Crippen LogP contribution in [-0.2, 0) is 6.42 Å². The van der Waals surface area contributed by atoms with Crippen LogP contribution in [0.5, 0.6) is 5.75 Å². The zero-order valence-corrected chi connectivity index (χ0v) is 20.9. The highest BCUT2D eigenvalue weighted by Gasteiger charge is 2.24. The van der Waals surface area contributed by atoms with Crippen molar-refractivity contribution in [3.05, 3.63) is 29.6 Å². The number of rotatable bonds is 8. The molecular weight excluding hydrogens is 446 g/mol. The predicted molar refractivity (Wildman–Crippen MR) is 138 cm³/mol. The summed E-state index contributed by atoms with van der Waals surface area (Å²) >= 11 is 0. The summed E-state index contributed by atoms with van der Waals surface area (Å²) < 4.78 is 5.62. The normalized spacial score (nSPS) is 21.0. The fourth-order valence-corrected chi connectivity index (χ4v) is 4.70. The minimum atomic E-state index is -0.630. The summed E-state index contributed by atoms with van der Waals surface area (Å²) in [4.78, 5) is 26.2. The number of carbonyl (C=O) groups excluding carboxylic acids is 1. The second kappa shape index (κ2) is 11.1. The van der Waals surface area contributed by atoms with Crippen molar-refractivity contribution in [1.29, 1.82) is 0 Å². The van der Waals surface area contributed by atoms with Crippen LogP contribution in [-0.4, -0.2) is 78.4 Å². The van der Waals surface area contributed by atoms with Gasteiger partial charge in [0.2, 0.25) is 0 Å². The number of nitrogens with one attached hydrogen (secondary N) is 2. The first kappa shape index (κ1) is 25.0. The van der Waals surface area contributed by atoms with Crippen molar-refractivity contribution in [2.45, 2.75) is 51.2 Å². The van der Waals surface area contributed by atoms with Gasteiger partial charge < -0.3 is 36.0 Å². The van der Waals surface area contributed by atoms with E-state index in [0.29, 0.717) is 23.8 Å². The van der Waals surface area contributed by atoms with Crippen molar-refractivity contribution < 1.29 is 14.6 Å². The molecule has 1 amide bonds. The van der Waals surface area contributed by atoms with Gasteiger partial charge in [0.1, 0.15) is 11.6 Å². The first-order valence-corrected chi connectivity index (χ1v) is 12.4. The summed E-state index contributed by atoms with van der Waals surface area (Å²) in [6, 6.07) is 6.03. The van der Waals surface area contributed by atoms with Gasteiger partial charge >= 0.3 is 0 Å². The molecule has 1 saturated heterocycles. The molecule has 2 aromatic rings. The SMILES string of the molecule is CCc1nc(C(N)=O)c(Nc2ccc(OC)c(N3CCN(C)CC3)c2)nc1NC1CCC(O)CC1. The standard InChI is InChI=1S/C25H37N7O3/c1-4-19-24(27-16-5-8-18(33)9-6-16)30-25(22(29-19)23(26)34)28-17-7-10-21(35-3)20(15-17)32-13-11-31(2)12-14-32/h7,10,15-16,18,33H,4-6,8-9,11-14H2,1-3H3,(H2,26,34)(H2,27,28,30). The molecule has 0 atom stereocenters. The van der Waals surface area contributed by atoms with Crippen molar-refractivity contribution >= 4 is 28.9 Å². The molecule has 0 radical (unpaired) electrons. The van der Waals surface area contributed by atoms with Crippen molar-refractivity contribution in [1.82, 2.24) is 14.9 Å². The van der Waals surface area contributed by atoms with Crippen molar-refractivity contribution in [3.8, 4) is 5.75 Å². The van der Waals surface area contributed by atoms with E-state index in [1.807, 2.05) is 25.1 Å². The zero-order chi connectivity index (χ0) is 24.9. The van der Waals surface area contributed by atoms with Crippen LogP contribution in [0.3, 0.4) is 0 Å². The van der Waals surface area contributed by atoms with Crippen LogP contribution in [0.1, 0.15) is 48.8 Å². The Bertz CT molecular complexity index is 1030. The maximum Gasteiger partial charge on any atom is 0.271 e. The topological polar surface area (TPSA) is 129 Å². The Kier molecular flexibility index (Phi) is 7.92. The van der Waals surface area contributed by atoms with E-state index >= 15 is 0 Å². The highest BCUT2D eigenvalue weighted by molar-refractivity contribution is 5.96. The molecule has 35 heavy (non-hydrogen) atoms. The lowest BCUT2D eigenvalue weighted by Crippen LogP contribution is -2.44. The van der Waals surface area contributed by atoms with Gasteiger partial charge in [0.25, 0.3) is 5.91 Å². The maximum absolute atomic E-state index is 12.3. The first-order valence-electron chi connectivity index (χ1n) is 12.4. The Hall–Kier alpha value is -3.11. The minimum Gasteiger partial charge on any atom is -0.495 e. The Morgan fingerprint density at radius 3 is 2.49 bits per heavy atom. The van der Waals surface area contributed by atoms with Crippen LogP contribution < -0.4 is 26.0 Å². The number of hydrogen-bond donors (Lipinski definition) is 4. The molecule has 1 aliphatic carbocycles. The number of aliphatic hydroxyl groups is 1. The van der Waals surface area contributed by atoms with Gasteiger partial charge in [-0.25, -0.2) is 9.97 Å². The van der Waals surface area contributed by atoms with Crippen LogP contribution in [0.15, 0.2) is 18.2 Å². The fraction of sp³-hybridized carbons (Fsp3) is 0.560. The first-order chi connectivity index (χ1) is 16.9. The highest BCUT2D eigenvalue weighted by Crippen LogP contribution is 2.34. The Morgan fingerprint density at radius 1 is 1.14 bits per heavy atom. The van der Waals surface area contributed by atoms with Crippen LogP contribution in [0.4, 0.5) is 23.0 Å². The monoisotopic (exact) mass is 483 g/mol. The van der Waals surface area contributed by atoms with E-state index in [4.69, 9.17) is 15.5 Å². The lowest BCUT2D eigenvalue weighted by molar-refractivity contribution is 0.0996. The minimum absolute atomic E-state index is 0.114. The number of primary amides is 1. The Morgan fingerprint density at radius 2 is 1.86 bits per heavy atom. The van der Waals surface area contributed by atoms with Crippen molar-refractivity contribution in [2.24, 2.45) is 5.73 Å². The van der Waals surface area contributed by atoms with Gasteiger partial charge in [-0.15, -0.1) is 0 Å². The van der Waals surface area contributed by atoms with Crippen LogP contribution >= 0.6 is 0 Å². The average molecular weight is 484 g/mol. The lowest BCUT2D eigenvalue weighted by Gasteiger charge is -2.35. The summed E-state index contributed by atoms with van der Waals surface area (Å²) in [5.74, 6) is 1.14. The lowest BCUT2D eigenvalue weighted by atomic mass is 9.93. The third-order valence-electron chi connectivity index (χ3n) is 6.86. The number of hydrogen-bond acceptors (Lipinski definition) is 9. The molecule has 1 aromatic heterocycles. The van der Waals surface area contributed by atoms with Crippen molar-refractivity contribution in [3.63, 3.8) is 0 Å². The number of aromatic nitrogens is 2. The number of amides is 1. The van der Waals surface area contributed by atoms with E-state index in [2.05, 4.69) is 32.5 Å². The fourth-order valence-electron chi connectivity index (χ4n) is 4.70. The van der Waals surface area contributed by atoms with E-state index in [-0.39, 0.29) is 17.8 Å². The number of piperazine rings is 1. The third kappa shape index (κ3) is 5.94. The molecule has 190 valence electrons. The van der Waals surface area contributed by atoms with Crippen LogP contribution in [0, 0.1) is 0 Å². The average Bonchev–Trinajstić information content (AvgIpc) is 2.86. The van der Waals surface area contributed by atoms with E-state index in [9.17, 15) is 9.90 Å². The number of nitrogens with zero attached hydrogens (tertiary/aromatic N) is 4. The number of ether oxygens (including phenoxy) is 1. The maximum atomic E-state index is 12.3. The summed E-state index contributed by atoms with van der Waals surface area (Å²) in [5, 5.41) is 16.6. The zero-order valence-electron chi connectivity index (χ0n) is 20.9. The van der Waals surface area contributed by atoms with Gasteiger partial charge in [-0.2, -0.15) is 0 Å². The molecule has 1 aliphatic heterocycles. The second-order valence-corrected chi connectivity index (χ2v) is 9.39. The quantitative estimate of drug-likeness (QED) is 0.447. The summed E-state index contributed by atoms with van der Waals surface area (Å²) in [6.07, 6.45) is 3.62. The van der Waals surface area contributed by atoms with E-state index in [0.717, 1.165) is 69.0 Å². The number of likely N-dealkylation sites (N-methyl/N-ethyl adjacent to an activating group) is 1. The number of benzene rings is 1. The smallest absolute Gasteiger partial charge is 0.271 e. The number of aryl methyl sites for hydroxylation is 1. The van der Waals surface area contributed by atoms with Gasteiger partial charge in [-0.1, -0.05) is 6.92 Å². The number of methoxy groups -OCH3 is 1. The van der Waals surface area contributed by atoms with Crippen LogP contribution in [0.25, 0.3) is 0 Å². The van der Waals surface area contributed by atoms with Gasteiger partial charge in [0.15, 0.2) is 11.5 Å². The highest BCUT2D eigenvalue weighted by atomic mass is 16.5. The van der Waals surface area contributed by atoms with Gasteiger partial charge in [0.05, 0.1) is 24.6 Å². The predicted octanol–water partition coefficient (Wildman–Crippen LogP) is 2.36. The third-order valence-corrected chi connectivity index (χ3v) is 6.86. The summed E-state index contributed by atoms with van der Waals surface area (Å²) in [6.45, 7) is 5.73. The molecule has 0 unspecified atom stereocenters. The van der Waals surface area contributed by atoms with Gasteiger partial charge in [-0.3, -0.25) is 4.79 Å². The molecule has 4 rings (SSSR count). The van der Waals surface area contributed by atoms with Crippen LogP contribution in [0.2, 0.25) is 0 Å². The molecule has 2 heterocycles. The largest absolute Gasteiger partial charge is 0.495 e. The molecule has 5 N–H and O–H groups in total. The van der Waals surface area contributed by atoms with E-state index in [1.165, 1.54) is 0 Å². The summed E-state index contributed by atoms with van der Waals surface area (Å²) in [7, 11) is 3.79. The summed E-state index contributed by atoms with van der Waals surface area (Å²) in [5.41, 5.74) is 8.26. The molecule has 10 nitrogen and oxygen atoms in total. The van der Waals surface area contributed by atoms with Gasteiger partial charge in [0, 0.05) is 37.9 Å². The molecule has 0 bridgehead atoms. The number of nitrogens with two attached hydrogens (primary N) is 1. The molecular formula is C25H37N7O3. The van der Waals surface area contributed by atoms with Crippen molar-refractivity contribution in [2.75, 3.05) is 55.9 Å². The molecule has 1 saturated carbocycles. The van der Waals surface area contributed by atoms with E-state index < -0.39 is 5.91 Å².